The number of aliphatic hydroxyl groups is 1. The summed E-state index contributed by atoms with van der Waals surface area (Å²) >= 11 is 6.02. The average molecular weight is 252 g/mol. The van der Waals surface area contributed by atoms with Crippen molar-refractivity contribution in [2.24, 2.45) is 0 Å². The molecular weight excluding hydrogens is 238 g/mol. The van der Waals surface area contributed by atoms with Gasteiger partial charge in [-0.1, -0.05) is 18.0 Å². The van der Waals surface area contributed by atoms with Crippen LogP contribution in [0.25, 0.3) is 5.52 Å². The van der Waals surface area contributed by atoms with E-state index < -0.39 is 0 Å². The Labute approximate surface area is 104 Å². The van der Waals surface area contributed by atoms with Crippen molar-refractivity contribution in [2.45, 2.75) is 37.7 Å². The molecule has 2 aromatic rings. The molecule has 2 atom stereocenters. The van der Waals surface area contributed by atoms with E-state index in [1.807, 2.05) is 10.6 Å². The van der Waals surface area contributed by atoms with E-state index in [9.17, 15) is 5.11 Å². The minimum atomic E-state index is -0.196. The van der Waals surface area contributed by atoms with Crippen molar-refractivity contribution in [3.63, 3.8) is 0 Å². The molecule has 5 heteroatoms. The number of fused-ring (bicyclic) bond motifs is 1. The molecule has 2 aromatic heterocycles. The lowest BCUT2D eigenvalue weighted by atomic mass is 9.87. The molecule has 1 fully saturated rings. The molecule has 1 saturated carbocycles. The molecule has 0 aromatic carbocycles. The maximum Gasteiger partial charge on any atom is 0.154 e. The standard InChI is InChI=1S/C12H14ClN3O/c13-11-10-7-15-12(16(10)5-4-14-11)8-2-1-3-9(17)6-8/h4-5,7-9,17H,1-3,6H2. The fourth-order valence-electron chi connectivity index (χ4n) is 2.62. The highest BCUT2D eigenvalue weighted by Crippen LogP contribution is 2.32. The third kappa shape index (κ3) is 1.91. The van der Waals surface area contributed by atoms with Crippen LogP contribution in [0.5, 0.6) is 0 Å². The Bertz CT molecular complexity index is 540. The Morgan fingerprint density at radius 2 is 2.24 bits per heavy atom. The van der Waals surface area contributed by atoms with Gasteiger partial charge in [0.25, 0.3) is 0 Å². The zero-order valence-electron chi connectivity index (χ0n) is 9.38. The fraction of sp³-hybridized carbons (Fsp3) is 0.500. The van der Waals surface area contributed by atoms with Crippen molar-refractivity contribution in [3.05, 3.63) is 29.6 Å². The van der Waals surface area contributed by atoms with Crippen LogP contribution in [0.3, 0.4) is 0 Å². The number of hydrogen-bond donors (Lipinski definition) is 1. The summed E-state index contributed by atoms with van der Waals surface area (Å²) in [5, 5.41) is 10.2. The maximum absolute atomic E-state index is 9.73. The number of halogens is 1. The molecule has 2 unspecified atom stereocenters. The predicted molar refractivity (Wildman–Crippen MR) is 65.2 cm³/mol. The van der Waals surface area contributed by atoms with Crippen LogP contribution < -0.4 is 0 Å². The van der Waals surface area contributed by atoms with Gasteiger partial charge in [-0.15, -0.1) is 0 Å². The Morgan fingerprint density at radius 3 is 3.06 bits per heavy atom. The largest absolute Gasteiger partial charge is 0.393 e. The number of hydrogen-bond acceptors (Lipinski definition) is 3. The van der Waals surface area contributed by atoms with Gasteiger partial charge in [0, 0.05) is 18.3 Å². The quantitative estimate of drug-likeness (QED) is 0.847. The molecule has 17 heavy (non-hydrogen) atoms. The zero-order chi connectivity index (χ0) is 11.8. The van der Waals surface area contributed by atoms with E-state index in [-0.39, 0.29) is 6.10 Å². The van der Waals surface area contributed by atoms with E-state index in [0.29, 0.717) is 11.1 Å². The molecule has 3 rings (SSSR count). The van der Waals surface area contributed by atoms with Gasteiger partial charge in [-0.25, -0.2) is 9.97 Å². The minimum absolute atomic E-state index is 0.196. The third-order valence-electron chi connectivity index (χ3n) is 3.45. The van der Waals surface area contributed by atoms with E-state index in [2.05, 4.69) is 9.97 Å². The molecular formula is C12H14ClN3O. The van der Waals surface area contributed by atoms with Crippen LogP contribution in [-0.4, -0.2) is 25.6 Å². The SMILES string of the molecule is OC1CCCC(c2ncc3c(Cl)nccn23)C1. The smallest absolute Gasteiger partial charge is 0.154 e. The number of rotatable bonds is 1. The molecule has 4 nitrogen and oxygen atoms in total. The first kappa shape index (κ1) is 11.0. The summed E-state index contributed by atoms with van der Waals surface area (Å²) in [6, 6.07) is 0. The molecule has 90 valence electrons. The summed E-state index contributed by atoms with van der Waals surface area (Å²) in [5.41, 5.74) is 0.837. The predicted octanol–water partition coefficient (Wildman–Crippen LogP) is 2.40. The van der Waals surface area contributed by atoms with Crippen molar-refractivity contribution >= 4 is 17.1 Å². The van der Waals surface area contributed by atoms with Crippen LogP contribution in [-0.2, 0) is 0 Å². The average Bonchev–Trinajstić information content (AvgIpc) is 2.74. The van der Waals surface area contributed by atoms with Crippen molar-refractivity contribution in [1.29, 1.82) is 0 Å². The van der Waals surface area contributed by atoms with E-state index in [0.717, 1.165) is 37.0 Å². The lowest BCUT2D eigenvalue weighted by molar-refractivity contribution is 0.118. The Kier molecular flexibility index (Phi) is 2.76. The molecule has 1 aliphatic carbocycles. The maximum atomic E-state index is 9.73. The van der Waals surface area contributed by atoms with Crippen LogP contribution in [0.15, 0.2) is 18.6 Å². The molecule has 0 bridgehead atoms. The molecule has 0 spiro atoms. The number of aromatic nitrogens is 3. The monoisotopic (exact) mass is 251 g/mol. The van der Waals surface area contributed by atoms with Crippen molar-refractivity contribution in [2.75, 3.05) is 0 Å². The molecule has 1 aliphatic rings. The van der Waals surface area contributed by atoms with Crippen LogP contribution in [0.4, 0.5) is 0 Å². The van der Waals surface area contributed by atoms with Gasteiger partial charge < -0.3 is 5.11 Å². The highest BCUT2D eigenvalue weighted by molar-refractivity contribution is 6.32. The molecule has 1 N–H and O–H groups in total. The fourth-order valence-corrected chi connectivity index (χ4v) is 2.81. The summed E-state index contributed by atoms with van der Waals surface area (Å²) in [4.78, 5) is 8.48. The highest BCUT2D eigenvalue weighted by Gasteiger charge is 2.25. The molecule has 2 heterocycles. The molecule has 0 radical (unpaired) electrons. The van der Waals surface area contributed by atoms with E-state index >= 15 is 0 Å². The Hall–Kier alpha value is -1.13. The van der Waals surface area contributed by atoms with Crippen LogP contribution >= 0.6 is 11.6 Å². The van der Waals surface area contributed by atoms with E-state index in [1.165, 1.54) is 0 Å². The van der Waals surface area contributed by atoms with Crippen LogP contribution in [0.2, 0.25) is 5.15 Å². The number of nitrogens with zero attached hydrogens (tertiary/aromatic N) is 3. The van der Waals surface area contributed by atoms with Gasteiger partial charge in [-0.2, -0.15) is 0 Å². The molecule has 0 aliphatic heterocycles. The summed E-state index contributed by atoms with van der Waals surface area (Å²) in [6.07, 6.45) is 8.95. The topological polar surface area (TPSA) is 50.4 Å². The second-order valence-corrected chi connectivity index (χ2v) is 4.97. The molecule has 0 saturated heterocycles. The number of aliphatic hydroxyl groups excluding tert-OH is 1. The van der Waals surface area contributed by atoms with E-state index in [1.54, 1.807) is 12.4 Å². The summed E-state index contributed by atoms with van der Waals surface area (Å²) in [5.74, 6) is 1.31. The second kappa shape index (κ2) is 4.27. The first-order valence-corrected chi connectivity index (χ1v) is 6.29. The Balaban J connectivity index is 2.02. The first-order chi connectivity index (χ1) is 8.25. The van der Waals surface area contributed by atoms with Gasteiger partial charge in [0.1, 0.15) is 11.3 Å². The van der Waals surface area contributed by atoms with Crippen LogP contribution in [0.1, 0.15) is 37.4 Å². The lowest BCUT2D eigenvalue weighted by Gasteiger charge is -2.24. The van der Waals surface area contributed by atoms with Crippen molar-refractivity contribution in [3.8, 4) is 0 Å². The van der Waals surface area contributed by atoms with Crippen molar-refractivity contribution < 1.29 is 5.11 Å². The summed E-state index contributed by atoms with van der Waals surface area (Å²) < 4.78 is 1.98. The Morgan fingerprint density at radius 1 is 1.35 bits per heavy atom. The lowest BCUT2D eigenvalue weighted by Crippen LogP contribution is -2.19. The van der Waals surface area contributed by atoms with Crippen molar-refractivity contribution in [1.82, 2.24) is 14.4 Å². The van der Waals surface area contributed by atoms with Gasteiger partial charge in [-0.3, -0.25) is 4.40 Å². The minimum Gasteiger partial charge on any atom is -0.393 e. The van der Waals surface area contributed by atoms with Gasteiger partial charge in [0.05, 0.1) is 12.3 Å². The highest BCUT2D eigenvalue weighted by atomic mass is 35.5. The third-order valence-corrected chi connectivity index (χ3v) is 3.74. The number of imidazole rings is 1. The zero-order valence-corrected chi connectivity index (χ0v) is 10.1. The van der Waals surface area contributed by atoms with Gasteiger partial charge >= 0.3 is 0 Å². The summed E-state index contributed by atoms with van der Waals surface area (Å²) in [7, 11) is 0. The van der Waals surface area contributed by atoms with Crippen LogP contribution in [0, 0.1) is 0 Å². The second-order valence-electron chi connectivity index (χ2n) is 4.61. The summed E-state index contributed by atoms with van der Waals surface area (Å²) in [6.45, 7) is 0. The first-order valence-electron chi connectivity index (χ1n) is 5.91. The van der Waals surface area contributed by atoms with Gasteiger partial charge in [-0.05, 0) is 19.3 Å². The van der Waals surface area contributed by atoms with Gasteiger partial charge in [0.15, 0.2) is 5.15 Å². The molecule has 0 amide bonds. The normalized spacial score (nSPS) is 25.3. The van der Waals surface area contributed by atoms with E-state index in [4.69, 9.17) is 11.6 Å². The van der Waals surface area contributed by atoms with Gasteiger partial charge in [0.2, 0.25) is 0 Å².